The molecule has 116 valence electrons. The number of amidine groups is 1. The zero-order valence-electron chi connectivity index (χ0n) is 12.1. The molecule has 1 aromatic rings. The number of aliphatic imine (C=N–C) groups is 1. The van der Waals surface area contributed by atoms with Gasteiger partial charge < -0.3 is 14.9 Å². The SMILES string of the molecule is CN1CCN(C2=NC(=O)/C(=C/c3cc(Br)ccc3O)S2)CC1. The van der Waals surface area contributed by atoms with E-state index >= 15 is 0 Å². The third kappa shape index (κ3) is 3.37. The van der Waals surface area contributed by atoms with Gasteiger partial charge in [-0.05, 0) is 43.1 Å². The fourth-order valence-corrected chi connectivity index (χ4v) is 3.65. The van der Waals surface area contributed by atoms with Crippen molar-refractivity contribution in [3.8, 4) is 5.75 Å². The Morgan fingerprint density at radius 3 is 2.77 bits per heavy atom. The summed E-state index contributed by atoms with van der Waals surface area (Å²) in [5.74, 6) is -0.0875. The summed E-state index contributed by atoms with van der Waals surface area (Å²) in [5, 5.41) is 10.6. The number of aromatic hydroxyl groups is 1. The lowest BCUT2D eigenvalue weighted by molar-refractivity contribution is -0.113. The maximum Gasteiger partial charge on any atom is 0.286 e. The van der Waals surface area contributed by atoms with Crippen LogP contribution in [0.3, 0.4) is 0 Å². The van der Waals surface area contributed by atoms with Crippen LogP contribution in [0.1, 0.15) is 5.56 Å². The number of phenols is 1. The molecule has 0 bridgehead atoms. The summed E-state index contributed by atoms with van der Waals surface area (Å²) in [6.07, 6.45) is 1.69. The van der Waals surface area contributed by atoms with Gasteiger partial charge in [-0.15, -0.1) is 0 Å². The summed E-state index contributed by atoms with van der Waals surface area (Å²) in [7, 11) is 2.09. The average Bonchev–Trinajstić information content (AvgIpc) is 2.85. The molecule has 1 aromatic carbocycles. The molecule has 1 N–H and O–H groups in total. The number of carbonyl (C=O) groups excluding carboxylic acids is 1. The van der Waals surface area contributed by atoms with Crippen LogP contribution in [0.5, 0.6) is 5.75 Å². The van der Waals surface area contributed by atoms with Gasteiger partial charge in [-0.3, -0.25) is 4.79 Å². The van der Waals surface area contributed by atoms with E-state index in [1.807, 2.05) is 0 Å². The van der Waals surface area contributed by atoms with E-state index in [9.17, 15) is 9.90 Å². The van der Waals surface area contributed by atoms with Crippen LogP contribution < -0.4 is 0 Å². The molecule has 1 saturated heterocycles. The van der Waals surface area contributed by atoms with Crippen molar-refractivity contribution in [3.05, 3.63) is 33.1 Å². The molecule has 0 saturated carbocycles. The average molecular weight is 382 g/mol. The Hall–Kier alpha value is -1.31. The highest BCUT2D eigenvalue weighted by Gasteiger charge is 2.27. The van der Waals surface area contributed by atoms with Gasteiger partial charge in [0, 0.05) is 36.2 Å². The maximum atomic E-state index is 12.1. The number of hydrogen-bond donors (Lipinski definition) is 1. The molecule has 2 heterocycles. The summed E-state index contributed by atoms with van der Waals surface area (Å²) in [6.45, 7) is 3.70. The Balaban J connectivity index is 1.77. The van der Waals surface area contributed by atoms with Crippen molar-refractivity contribution < 1.29 is 9.90 Å². The zero-order valence-corrected chi connectivity index (χ0v) is 14.5. The van der Waals surface area contributed by atoms with Crippen molar-refractivity contribution in [3.63, 3.8) is 0 Å². The van der Waals surface area contributed by atoms with Crippen LogP contribution in [0.25, 0.3) is 6.08 Å². The Labute approximate surface area is 141 Å². The number of carbonyl (C=O) groups is 1. The van der Waals surface area contributed by atoms with Crippen molar-refractivity contribution in [1.82, 2.24) is 9.80 Å². The maximum absolute atomic E-state index is 12.1. The molecular formula is C15H16BrN3O2S. The van der Waals surface area contributed by atoms with Crippen molar-refractivity contribution in [1.29, 1.82) is 0 Å². The van der Waals surface area contributed by atoms with Crippen molar-refractivity contribution >= 4 is 44.8 Å². The van der Waals surface area contributed by atoms with E-state index in [4.69, 9.17) is 0 Å². The standard InChI is InChI=1S/C15H16BrN3O2S/c1-18-4-6-19(7-5-18)15-17-14(21)13(22-15)9-10-8-11(16)2-3-12(10)20/h2-3,8-9,20H,4-7H2,1H3/b13-9-. The Morgan fingerprint density at radius 1 is 1.32 bits per heavy atom. The largest absolute Gasteiger partial charge is 0.507 e. The lowest BCUT2D eigenvalue weighted by atomic mass is 10.2. The fraction of sp³-hybridized carbons (Fsp3) is 0.333. The minimum atomic E-state index is -0.238. The number of benzene rings is 1. The van der Waals surface area contributed by atoms with E-state index in [0.29, 0.717) is 10.5 Å². The summed E-state index contributed by atoms with van der Waals surface area (Å²) in [5.41, 5.74) is 0.611. The first kappa shape index (κ1) is 15.6. The second kappa shape index (κ2) is 6.44. The minimum absolute atomic E-state index is 0.150. The van der Waals surface area contributed by atoms with E-state index in [-0.39, 0.29) is 11.7 Å². The van der Waals surface area contributed by atoms with E-state index in [0.717, 1.165) is 35.8 Å². The molecule has 22 heavy (non-hydrogen) atoms. The van der Waals surface area contributed by atoms with Crippen LogP contribution in [-0.2, 0) is 4.79 Å². The Morgan fingerprint density at radius 2 is 2.05 bits per heavy atom. The minimum Gasteiger partial charge on any atom is -0.507 e. The number of nitrogens with zero attached hydrogens (tertiary/aromatic N) is 3. The smallest absolute Gasteiger partial charge is 0.286 e. The van der Waals surface area contributed by atoms with E-state index in [1.165, 1.54) is 11.8 Å². The topological polar surface area (TPSA) is 56.1 Å². The van der Waals surface area contributed by atoms with Crippen molar-refractivity contribution in [2.45, 2.75) is 0 Å². The molecule has 0 aromatic heterocycles. The number of halogens is 1. The molecule has 0 unspecified atom stereocenters. The normalized spacial score (nSPS) is 21.5. The molecule has 1 amide bonds. The second-order valence-electron chi connectivity index (χ2n) is 5.30. The molecule has 0 radical (unpaired) electrons. The van der Waals surface area contributed by atoms with Crippen LogP contribution in [0, 0.1) is 0 Å². The first-order valence-corrected chi connectivity index (χ1v) is 8.58. The van der Waals surface area contributed by atoms with Crippen molar-refractivity contribution in [2.24, 2.45) is 4.99 Å². The molecule has 1 fully saturated rings. The highest BCUT2D eigenvalue weighted by Crippen LogP contribution is 2.33. The molecular weight excluding hydrogens is 366 g/mol. The van der Waals surface area contributed by atoms with Gasteiger partial charge in [0.25, 0.3) is 5.91 Å². The summed E-state index contributed by atoms with van der Waals surface area (Å²) in [6, 6.07) is 5.14. The van der Waals surface area contributed by atoms with Gasteiger partial charge in [0.2, 0.25) is 0 Å². The number of amides is 1. The molecule has 7 heteroatoms. The van der Waals surface area contributed by atoms with E-state index in [1.54, 1.807) is 24.3 Å². The number of likely N-dealkylation sites (N-methyl/N-ethyl adjacent to an activating group) is 1. The summed E-state index contributed by atoms with van der Waals surface area (Å²) >= 11 is 4.75. The van der Waals surface area contributed by atoms with Crippen LogP contribution >= 0.6 is 27.7 Å². The van der Waals surface area contributed by atoms with E-state index < -0.39 is 0 Å². The zero-order chi connectivity index (χ0) is 15.7. The highest BCUT2D eigenvalue weighted by molar-refractivity contribution is 9.10. The molecule has 2 aliphatic rings. The molecule has 0 spiro atoms. The predicted molar refractivity (Wildman–Crippen MR) is 92.9 cm³/mol. The summed E-state index contributed by atoms with van der Waals surface area (Å²) < 4.78 is 0.854. The Bertz CT molecular complexity index is 667. The number of thioether (sulfide) groups is 1. The third-order valence-corrected chi connectivity index (χ3v) is 5.20. The van der Waals surface area contributed by atoms with Crippen LogP contribution in [0.4, 0.5) is 0 Å². The predicted octanol–water partition coefficient (Wildman–Crippen LogP) is 2.37. The Kier molecular flexibility index (Phi) is 4.56. The van der Waals surface area contributed by atoms with Gasteiger partial charge in [0.15, 0.2) is 5.17 Å². The highest BCUT2D eigenvalue weighted by atomic mass is 79.9. The molecule has 2 aliphatic heterocycles. The third-order valence-electron chi connectivity index (χ3n) is 3.66. The number of hydrogen-bond acceptors (Lipinski definition) is 5. The van der Waals surface area contributed by atoms with Crippen LogP contribution in [0.15, 0.2) is 32.6 Å². The first-order chi connectivity index (χ1) is 10.5. The lowest BCUT2D eigenvalue weighted by Gasteiger charge is -2.32. The first-order valence-electron chi connectivity index (χ1n) is 6.97. The molecule has 5 nitrogen and oxygen atoms in total. The van der Waals surface area contributed by atoms with Gasteiger partial charge in [-0.25, -0.2) is 0 Å². The molecule has 3 rings (SSSR count). The second-order valence-corrected chi connectivity index (χ2v) is 7.23. The van der Waals surface area contributed by atoms with E-state index in [2.05, 4.69) is 37.8 Å². The van der Waals surface area contributed by atoms with Gasteiger partial charge in [0.1, 0.15) is 5.75 Å². The monoisotopic (exact) mass is 381 g/mol. The molecule has 0 atom stereocenters. The van der Waals surface area contributed by atoms with Gasteiger partial charge >= 0.3 is 0 Å². The number of rotatable bonds is 1. The lowest BCUT2D eigenvalue weighted by Crippen LogP contribution is -2.46. The summed E-state index contributed by atoms with van der Waals surface area (Å²) in [4.78, 5) is 21.2. The van der Waals surface area contributed by atoms with Gasteiger partial charge in [-0.1, -0.05) is 15.9 Å². The number of phenolic OH excluding ortho intramolecular Hbond substituents is 1. The van der Waals surface area contributed by atoms with Gasteiger partial charge in [-0.2, -0.15) is 4.99 Å². The quantitative estimate of drug-likeness (QED) is 0.756. The number of piperazine rings is 1. The molecule has 0 aliphatic carbocycles. The van der Waals surface area contributed by atoms with Gasteiger partial charge in [0.05, 0.1) is 4.91 Å². The van der Waals surface area contributed by atoms with Crippen LogP contribution in [0.2, 0.25) is 0 Å². The van der Waals surface area contributed by atoms with Crippen LogP contribution in [-0.4, -0.2) is 59.2 Å². The van der Waals surface area contributed by atoms with Crippen molar-refractivity contribution in [2.75, 3.05) is 33.2 Å². The fourth-order valence-electron chi connectivity index (χ4n) is 2.31.